The molecule has 2 heterocycles. The van der Waals surface area contributed by atoms with Crippen LogP contribution in [-0.4, -0.2) is 22.1 Å². The first-order valence-corrected chi connectivity index (χ1v) is 9.41. The van der Waals surface area contributed by atoms with Gasteiger partial charge < -0.3 is 10.1 Å². The number of fused-ring (bicyclic) bond motifs is 2. The van der Waals surface area contributed by atoms with Crippen LogP contribution in [0.15, 0.2) is 47.3 Å². The van der Waals surface area contributed by atoms with Gasteiger partial charge in [0.05, 0.1) is 10.9 Å². The van der Waals surface area contributed by atoms with Crippen molar-refractivity contribution >= 4 is 22.5 Å². The fourth-order valence-corrected chi connectivity index (χ4v) is 3.48. The largest absolute Gasteiger partial charge is 0.435 e. The Morgan fingerprint density at radius 2 is 1.90 bits per heavy atom. The number of nitrogens with one attached hydrogen (secondary N) is 1. The molecule has 150 valence electrons. The molecule has 29 heavy (non-hydrogen) atoms. The lowest BCUT2D eigenvalue weighted by atomic mass is 10.1. The molecule has 0 radical (unpaired) electrons. The number of aryl methyl sites for hydroxylation is 1. The second kappa shape index (κ2) is 7.98. The van der Waals surface area contributed by atoms with Gasteiger partial charge >= 0.3 is 6.61 Å². The summed E-state index contributed by atoms with van der Waals surface area (Å²) in [6, 6.07) is 10.4. The molecule has 6 nitrogen and oxygen atoms in total. The summed E-state index contributed by atoms with van der Waals surface area (Å²) in [5.41, 5.74) is 1.22. The standard InChI is InChI=1S/C21H19F2N3O3/c22-21(23)29-15-8-6-14(7-9-15)24-19(27)13-5-10-16-17(12-13)25-18-4-2-1-3-11-26(18)20(16)28/h5-10,12,21H,1-4,11H2,(H,24,27). The van der Waals surface area contributed by atoms with Crippen LogP contribution in [0.3, 0.4) is 0 Å². The number of aromatic nitrogens is 2. The van der Waals surface area contributed by atoms with Crippen LogP contribution in [0.1, 0.15) is 35.4 Å². The summed E-state index contributed by atoms with van der Waals surface area (Å²) in [7, 11) is 0. The number of benzene rings is 2. The van der Waals surface area contributed by atoms with Crippen molar-refractivity contribution in [3.8, 4) is 5.75 Å². The molecule has 1 amide bonds. The van der Waals surface area contributed by atoms with E-state index in [2.05, 4.69) is 15.0 Å². The first kappa shape index (κ1) is 19.0. The molecule has 1 aliphatic heterocycles. The van der Waals surface area contributed by atoms with Crippen molar-refractivity contribution in [1.29, 1.82) is 0 Å². The number of anilines is 1. The second-order valence-corrected chi connectivity index (χ2v) is 6.88. The molecular formula is C21H19F2N3O3. The fraction of sp³-hybridized carbons (Fsp3) is 0.286. The zero-order valence-corrected chi connectivity index (χ0v) is 15.5. The summed E-state index contributed by atoms with van der Waals surface area (Å²) >= 11 is 0. The van der Waals surface area contributed by atoms with Gasteiger partial charge in [-0.25, -0.2) is 4.98 Å². The summed E-state index contributed by atoms with van der Waals surface area (Å²) in [5.74, 6) is 0.382. The maximum absolute atomic E-state index is 12.8. The highest BCUT2D eigenvalue weighted by atomic mass is 19.3. The lowest BCUT2D eigenvalue weighted by Gasteiger charge is -2.11. The molecular weight excluding hydrogens is 380 g/mol. The number of hydrogen-bond acceptors (Lipinski definition) is 4. The van der Waals surface area contributed by atoms with Crippen LogP contribution in [0, 0.1) is 0 Å². The molecule has 1 aliphatic rings. The third-order valence-electron chi connectivity index (χ3n) is 4.92. The van der Waals surface area contributed by atoms with Gasteiger partial charge in [-0.1, -0.05) is 6.42 Å². The molecule has 0 saturated carbocycles. The Morgan fingerprint density at radius 3 is 2.66 bits per heavy atom. The summed E-state index contributed by atoms with van der Waals surface area (Å²) in [6.07, 6.45) is 3.76. The molecule has 2 aromatic carbocycles. The molecule has 0 fully saturated rings. The number of alkyl halides is 2. The van der Waals surface area contributed by atoms with Gasteiger partial charge in [0.1, 0.15) is 11.6 Å². The van der Waals surface area contributed by atoms with Crippen LogP contribution in [0.4, 0.5) is 14.5 Å². The van der Waals surface area contributed by atoms with E-state index >= 15 is 0 Å². The van der Waals surface area contributed by atoms with Crippen LogP contribution < -0.4 is 15.6 Å². The summed E-state index contributed by atoms with van der Waals surface area (Å²) < 4.78 is 30.5. The highest BCUT2D eigenvalue weighted by Gasteiger charge is 2.15. The highest BCUT2D eigenvalue weighted by molar-refractivity contribution is 6.06. The van der Waals surface area contributed by atoms with Gasteiger partial charge in [-0.05, 0) is 55.3 Å². The van der Waals surface area contributed by atoms with Gasteiger partial charge in [0.25, 0.3) is 11.5 Å². The monoisotopic (exact) mass is 399 g/mol. The quantitative estimate of drug-likeness (QED) is 0.720. The summed E-state index contributed by atoms with van der Waals surface area (Å²) in [6.45, 7) is -2.23. The van der Waals surface area contributed by atoms with E-state index in [9.17, 15) is 18.4 Å². The first-order chi connectivity index (χ1) is 14.0. The van der Waals surface area contributed by atoms with Gasteiger partial charge in [-0.2, -0.15) is 8.78 Å². The van der Waals surface area contributed by atoms with Crippen LogP contribution in [0.5, 0.6) is 5.75 Å². The minimum Gasteiger partial charge on any atom is -0.435 e. The normalized spacial score (nSPS) is 13.8. The van der Waals surface area contributed by atoms with Crippen LogP contribution in [0.25, 0.3) is 10.9 Å². The topological polar surface area (TPSA) is 73.2 Å². The Balaban J connectivity index is 1.59. The third-order valence-corrected chi connectivity index (χ3v) is 4.92. The number of carbonyl (C=O) groups is 1. The van der Waals surface area contributed by atoms with Gasteiger partial charge in [0, 0.05) is 24.2 Å². The van der Waals surface area contributed by atoms with E-state index in [-0.39, 0.29) is 17.2 Å². The van der Waals surface area contributed by atoms with Crippen molar-refractivity contribution in [2.45, 2.75) is 38.8 Å². The minimum absolute atomic E-state index is 0.00840. The zero-order valence-electron chi connectivity index (χ0n) is 15.5. The van der Waals surface area contributed by atoms with Gasteiger partial charge in [-0.15, -0.1) is 0 Å². The maximum atomic E-state index is 12.8. The van der Waals surface area contributed by atoms with Gasteiger partial charge in [0.2, 0.25) is 0 Å². The molecule has 0 atom stereocenters. The van der Waals surface area contributed by atoms with E-state index in [0.29, 0.717) is 28.7 Å². The van der Waals surface area contributed by atoms with E-state index in [4.69, 9.17) is 0 Å². The molecule has 1 N–H and O–H groups in total. The Morgan fingerprint density at radius 1 is 1.10 bits per heavy atom. The lowest BCUT2D eigenvalue weighted by molar-refractivity contribution is -0.0498. The molecule has 0 spiro atoms. The van der Waals surface area contributed by atoms with Crippen molar-refractivity contribution in [2.24, 2.45) is 0 Å². The lowest BCUT2D eigenvalue weighted by Crippen LogP contribution is -2.24. The number of amides is 1. The molecule has 3 aromatic rings. The number of carbonyl (C=O) groups excluding carboxylic acids is 1. The van der Waals surface area contributed by atoms with E-state index in [1.165, 1.54) is 24.3 Å². The zero-order chi connectivity index (χ0) is 20.4. The number of rotatable bonds is 4. The molecule has 0 saturated heterocycles. The summed E-state index contributed by atoms with van der Waals surface area (Å²) in [5, 5.41) is 3.18. The van der Waals surface area contributed by atoms with Crippen LogP contribution in [0.2, 0.25) is 0 Å². The van der Waals surface area contributed by atoms with Crippen molar-refractivity contribution in [1.82, 2.24) is 9.55 Å². The van der Waals surface area contributed by atoms with Crippen LogP contribution >= 0.6 is 0 Å². The smallest absolute Gasteiger partial charge is 0.387 e. The molecule has 0 unspecified atom stereocenters. The van der Waals surface area contributed by atoms with Gasteiger partial charge in [-0.3, -0.25) is 14.2 Å². The molecule has 4 rings (SSSR count). The number of hydrogen-bond donors (Lipinski definition) is 1. The van der Waals surface area contributed by atoms with Crippen molar-refractivity contribution < 1.29 is 18.3 Å². The summed E-state index contributed by atoms with van der Waals surface area (Å²) in [4.78, 5) is 30.0. The third kappa shape index (κ3) is 4.11. The van der Waals surface area contributed by atoms with E-state index in [1.54, 1.807) is 22.8 Å². The van der Waals surface area contributed by atoms with Crippen molar-refractivity contribution in [3.05, 3.63) is 64.2 Å². The highest BCUT2D eigenvalue weighted by Crippen LogP contribution is 2.20. The second-order valence-electron chi connectivity index (χ2n) is 6.88. The minimum atomic E-state index is -2.90. The Bertz CT molecular complexity index is 1110. The predicted molar refractivity (Wildman–Crippen MR) is 105 cm³/mol. The van der Waals surface area contributed by atoms with Crippen LogP contribution in [-0.2, 0) is 13.0 Å². The number of ether oxygens (including phenoxy) is 1. The van der Waals surface area contributed by atoms with Gasteiger partial charge in [0.15, 0.2) is 0 Å². The number of halogens is 2. The Hall–Kier alpha value is -3.29. The Labute approximate surface area is 165 Å². The average molecular weight is 399 g/mol. The van der Waals surface area contributed by atoms with Crippen molar-refractivity contribution in [2.75, 3.05) is 5.32 Å². The number of nitrogens with zero attached hydrogens (tertiary/aromatic N) is 2. The molecule has 8 heteroatoms. The van der Waals surface area contributed by atoms with Crippen molar-refractivity contribution in [3.63, 3.8) is 0 Å². The molecule has 0 bridgehead atoms. The fourth-order valence-electron chi connectivity index (χ4n) is 3.48. The molecule has 1 aromatic heterocycles. The Kier molecular flexibility index (Phi) is 5.24. The SMILES string of the molecule is O=C(Nc1ccc(OC(F)F)cc1)c1ccc2c(=O)n3c(nc2c1)CCCCC3. The first-order valence-electron chi connectivity index (χ1n) is 9.41. The average Bonchev–Trinajstić information content (AvgIpc) is 2.94. The van der Waals surface area contributed by atoms with E-state index in [0.717, 1.165) is 31.5 Å². The van der Waals surface area contributed by atoms with E-state index in [1.807, 2.05) is 0 Å². The van der Waals surface area contributed by atoms with E-state index < -0.39 is 6.61 Å². The molecule has 0 aliphatic carbocycles. The maximum Gasteiger partial charge on any atom is 0.387 e. The predicted octanol–water partition coefficient (Wildman–Crippen LogP) is 3.98.